The van der Waals surface area contributed by atoms with Gasteiger partial charge >= 0.3 is 0 Å². The van der Waals surface area contributed by atoms with Crippen LogP contribution in [0.4, 0.5) is 5.69 Å². The van der Waals surface area contributed by atoms with Gasteiger partial charge in [-0.2, -0.15) is 0 Å². The number of aryl methyl sites for hydroxylation is 1. The molecule has 0 aliphatic rings. The van der Waals surface area contributed by atoms with Crippen LogP contribution in [0.15, 0.2) is 52.3 Å². The average molecular weight is 417 g/mol. The van der Waals surface area contributed by atoms with Crippen molar-refractivity contribution in [3.8, 4) is 16.3 Å². The number of amides is 1. The minimum absolute atomic E-state index is 0.116. The van der Waals surface area contributed by atoms with Crippen LogP contribution in [0.1, 0.15) is 11.3 Å². The molecule has 0 aliphatic heterocycles. The van der Waals surface area contributed by atoms with Crippen molar-refractivity contribution in [2.24, 2.45) is 0 Å². The lowest BCUT2D eigenvalue weighted by molar-refractivity contribution is -0.115. The van der Waals surface area contributed by atoms with Gasteiger partial charge in [-0.05, 0) is 36.8 Å². The van der Waals surface area contributed by atoms with Crippen molar-refractivity contribution in [2.75, 3.05) is 12.4 Å². The number of hydrogen-bond donors (Lipinski definition) is 1. The zero-order chi connectivity index (χ0) is 17.8. The fourth-order valence-electron chi connectivity index (χ4n) is 2.42. The molecule has 25 heavy (non-hydrogen) atoms. The molecular formula is C19H17BrN2O2S. The number of carbonyl (C=O) groups is 1. The SMILES string of the molecule is COc1ccc(C)cc1NC(=O)Cc1csc(-c2cccc(Br)c2)n1. The van der Waals surface area contributed by atoms with Crippen LogP contribution in [0.25, 0.3) is 10.6 Å². The summed E-state index contributed by atoms with van der Waals surface area (Å²) in [5.41, 5.74) is 3.52. The van der Waals surface area contributed by atoms with Gasteiger partial charge in [0.25, 0.3) is 0 Å². The lowest BCUT2D eigenvalue weighted by Crippen LogP contribution is -2.15. The maximum absolute atomic E-state index is 12.4. The maximum Gasteiger partial charge on any atom is 0.230 e. The van der Waals surface area contributed by atoms with E-state index in [1.54, 1.807) is 7.11 Å². The predicted octanol–water partition coefficient (Wildman–Crippen LogP) is 5.07. The fraction of sp³-hybridized carbons (Fsp3) is 0.158. The van der Waals surface area contributed by atoms with E-state index in [0.717, 1.165) is 26.3 Å². The molecule has 1 amide bonds. The largest absolute Gasteiger partial charge is 0.495 e. The van der Waals surface area contributed by atoms with Crippen molar-refractivity contribution in [3.63, 3.8) is 0 Å². The number of nitrogens with zero attached hydrogens (tertiary/aromatic N) is 1. The van der Waals surface area contributed by atoms with E-state index in [1.165, 1.54) is 11.3 Å². The number of thiazole rings is 1. The first-order valence-electron chi connectivity index (χ1n) is 7.70. The van der Waals surface area contributed by atoms with Crippen LogP contribution in [0.2, 0.25) is 0 Å². The topological polar surface area (TPSA) is 51.2 Å². The number of anilines is 1. The molecule has 1 aromatic heterocycles. The molecule has 128 valence electrons. The van der Waals surface area contributed by atoms with Gasteiger partial charge in [-0.25, -0.2) is 4.98 Å². The van der Waals surface area contributed by atoms with Crippen molar-refractivity contribution >= 4 is 38.9 Å². The third kappa shape index (κ3) is 4.46. The Bertz CT molecular complexity index is 908. The van der Waals surface area contributed by atoms with Crippen molar-refractivity contribution < 1.29 is 9.53 Å². The van der Waals surface area contributed by atoms with E-state index in [9.17, 15) is 4.79 Å². The third-order valence-electron chi connectivity index (χ3n) is 3.59. The number of benzene rings is 2. The molecule has 0 saturated carbocycles. The molecule has 0 spiro atoms. The lowest BCUT2D eigenvalue weighted by atomic mass is 10.2. The van der Waals surface area contributed by atoms with E-state index in [1.807, 2.05) is 54.8 Å². The van der Waals surface area contributed by atoms with Crippen LogP contribution in [0, 0.1) is 6.92 Å². The molecule has 4 nitrogen and oxygen atoms in total. The molecule has 3 rings (SSSR count). The summed E-state index contributed by atoms with van der Waals surface area (Å²) in [5.74, 6) is 0.530. The summed E-state index contributed by atoms with van der Waals surface area (Å²) in [6.07, 6.45) is 0.224. The molecule has 0 bridgehead atoms. The monoisotopic (exact) mass is 416 g/mol. The standard InChI is InChI=1S/C19H17BrN2O2S/c1-12-6-7-17(24-2)16(8-12)22-18(23)10-15-11-25-19(21-15)13-4-3-5-14(20)9-13/h3-9,11H,10H2,1-2H3,(H,22,23). The summed E-state index contributed by atoms with van der Waals surface area (Å²) in [7, 11) is 1.59. The number of aromatic nitrogens is 1. The van der Waals surface area contributed by atoms with E-state index >= 15 is 0 Å². The number of ether oxygens (including phenoxy) is 1. The molecule has 0 unspecified atom stereocenters. The first-order chi connectivity index (χ1) is 12.0. The van der Waals surface area contributed by atoms with Gasteiger partial charge < -0.3 is 10.1 Å². The minimum Gasteiger partial charge on any atom is -0.495 e. The molecule has 0 aliphatic carbocycles. The normalized spacial score (nSPS) is 10.5. The predicted molar refractivity (Wildman–Crippen MR) is 105 cm³/mol. The Morgan fingerprint density at radius 2 is 2.12 bits per heavy atom. The highest BCUT2D eigenvalue weighted by Crippen LogP contribution is 2.27. The van der Waals surface area contributed by atoms with Gasteiger partial charge in [0.1, 0.15) is 10.8 Å². The van der Waals surface area contributed by atoms with E-state index in [0.29, 0.717) is 11.4 Å². The quantitative estimate of drug-likeness (QED) is 0.631. The molecule has 0 radical (unpaired) electrons. The molecule has 1 heterocycles. The Hall–Kier alpha value is -2.18. The van der Waals surface area contributed by atoms with E-state index in [4.69, 9.17) is 4.74 Å². The molecule has 6 heteroatoms. The van der Waals surface area contributed by atoms with Crippen LogP contribution in [0.3, 0.4) is 0 Å². The second kappa shape index (κ2) is 7.80. The average Bonchev–Trinajstić information content (AvgIpc) is 3.03. The highest BCUT2D eigenvalue weighted by atomic mass is 79.9. The Labute approximate surface area is 159 Å². The molecular weight excluding hydrogens is 400 g/mol. The summed E-state index contributed by atoms with van der Waals surface area (Å²) in [4.78, 5) is 16.9. The zero-order valence-corrected chi connectivity index (χ0v) is 16.3. The molecule has 0 fully saturated rings. The van der Waals surface area contributed by atoms with Crippen molar-refractivity contribution in [1.82, 2.24) is 4.98 Å². The first-order valence-corrected chi connectivity index (χ1v) is 9.37. The highest BCUT2D eigenvalue weighted by Gasteiger charge is 2.12. The summed E-state index contributed by atoms with van der Waals surface area (Å²) >= 11 is 5.00. The molecule has 2 aromatic carbocycles. The van der Waals surface area contributed by atoms with Crippen LogP contribution in [-0.2, 0) is 11.2 Å². The smallest absolute Gasteiger partial charge is 0.230 e. The number of rotatable bonds is 5. The number of carbonyl (C=O) groups excluding carboxylic acids is 1. The van der Waals surface area contributed by atoms with E-state index in [2.05, 4.69) is 26.2 Å². The van der Waals surface area contributed by atoms with Gasteiger partial charge in [-0.3, -0.25) is 4.79 Å². The second-order valence-corrected chi connectivity index (χ2v) is 7.36. The minimum atomic E-state index is -0.116. The van der Waals surface area contributed by atoms with Gasteiger partial charge in [-0.15, -0.1) is 11.3 Å². The lowest BCUT2D eigenvalue weighted by Gasteiger charge is -2.10. The van der Waals surface area contributed by atoms with Crippen LogP contribution in [-0.4, -0.2) is 18.0 Å². The Balaban J connectivity index is 1.71. The van der Waals surface area contributed by atoms with Crippen molar-refractivity contribution in [2.45, 2.75) is 13.3 Å². The second-order valence-electron chi connectivity index (χ2n) is 5.58. The number of methoxy groups -OCH3 is 1. The maximum atomic E-state index is 12.4. The Kier molecular flexibility index (Phi) is 5.50. The van der Waals surface area contributed by atoms with Gasteiger partial charge in [0.2, 0.25) is 5.91 Å². The third-order valence-corrected chi connectivity index (χ3v) is 5.03. The van der Waals surface area contributed by atoms with Crippen LogP contribution < -0.4 is 10.1 Å². The Morgan fingerprint density at radius 3 is 2.88 bits per heavy atom. The molecule has 3 aromatic rings. The number of hydrogen-bond acceptors (Lipinski definition) is 4. The Morgan fingerprint density at radius 1 is 1.28 bits per heavy atom. The van der Waals surface area contributed by atoms with Crippen molar-refractivity contribution in [1.29, 1.82) is 0 Å². The summed E-state index contributed by atoms with van der Waals surface area (Å²) < 4.78 is 6.30. The van der Waals surface area contributed by atoms with Gasteiger partial charge in [0, 0.05) is 15.4 Å². The fourth-order valence-corrected chi connectivity index (χ4v) is 3.64. The number of nitrogens with one attached hydrogen (secondary N) is 1. The molecule has 1 N–H and O–H groups in total. The van der Waals surface area contributed by atoms with Crippen LogP contribution in [0.5, 0.6) is 5.75 Å². The van der Waals surface area contributed by atoms with Gasteiger partial charge in [-0.1, -0.05) is 34.1 Å². The summed E-state index contributed by atoms with van der Waals surface area (Å²) in [6, 6.07) is 13.6. The van der Waals surface area contributed by atoms with E-state index < -0.39 is 0 Å². The van der Waals surface area contributed by atoms with Gasteiger partial charge in [0.15, 0.2) is 0 Å². The summed E-state index contributed by atoms with van der Waals surface area (Å²) in [5, 5.41) is 5.72. The van der Waals surface area contributed by atoms with Crippen molar-refractivity contribution in [3.05, 3.63) is 63.6 Å². The zero-order valence-electron chi connectivity index (χ0n) is 13.9. The first kappa shape index (κ1) is 17.6. The molecule has 0 saturated heterocycles. The molecule has 0 atom stereocenters. The van der Waals surface area contributed by atoms with E-state index in [-0.39, 0.29) is 12.3 Å². The number of halogens is 1. The summed E-state index contributed by atoms with van der Waals surface area (Å²) in [6.45, 7) is 1.97. The highest BCUT2D eigenvalue weighted by molar-refractivity contribution is 9.10. The van der Waals surface area contributed by atoms with Gasteiger partial charge in [0.05, 0.1) is 24.9 Å². The van der Waals surface area contributed by atoms with Crippen LogP contribution >= 0.6 is 27.3 Å².